The summed E-state index contributed by atoms with van der Waals surface area (Å²) in [6.07, 6.45) is 0. The lowest BCUT2D eigenvalue weighted by Gasteiger charge is -2.00. The Kier molecular flexibility index (Phi) is 2.24. The first kappa shape index (κ1) is 11.2. The maximum absolute atomic E-state index is 10.8. The molecule has 8 nitrogen and oxygen atoms in total. The summed E-state index contributed by atoms with van der Waals surface area (Å²) < 4.78 is 1.53. The fourth-order valence-corrected chi connectivity index (χ4v) is 2.02. The number of fused-ring (bicyclic) bond motifs is 1. The summed E-state index contributed by atoms with van der Waals surface area (Å²) in [4.78, 5) is 10.3. The Morgan fingerprint density at radius 1 is 1.47 bits per heavy atom. The molecule has 0 aliphatic carbocycles. The number of non-ortho nitro benzene ring substituents is 1. The van der Waals surface area contributed by atoms with Crippen molar-refractivity contribution >= 4 is 22.5 Å². The van der Waals surface area contributed by atoms with E-state index in [0.29, 0.717) is 22.8 Å². The number of aromatic nitrogens is 4. The number of hydrogen-bond donors (Lipinski definition) is 2. The second kappa shape index (κ2) is 3.80. The predicted octanol–water partition coefficient (Wildman–Crippen LogP) is 1.55. The quantitative estimate of drug-likeness (QED) is 0.534. The number of aromatic amines is 1. The summed E-state index contributed by atoms with van der Waals surface area (Å²) in [6, 6.07) is 6.20. The highest BCUT2D eigenvalue weighted by atomic mass is 16.6. The average Bonchev–Trinajstić information content (AvgIpc) is 2.92. The van der Waals surface area contributed by atoms with Crippen LogP contribution >= 0.6 is 0 Å². The van der Waals surface area contributed by atoms with Crippen LogP contribution in [0.5, 0.6) is 0 Å². The molecule has 0 saturated carbocycles. The number of aryl methyl sites for hydroxylation is 1. The fourth-order valence-electron chi connectivity index (χ4n) is 2.02. The number of nitrogens with two attached hydrogens (primary N) is 1. The molecule has 0 aliphatic rings. The number of nitro groups is 1. The number of rotatable bonds is 2. The number of hydrogen-bond acceptors (Lipinski definition) is 5. The number of nitrogens with zero attached hydrogens (tertiary/aromatic N) is 4. The van der Waals surface area contributed by atoms with Gasteiger partial charge in [0.15, 0.2) is 5.65 Å². The summed E-state index contributed by atoms with van der Waals surface area (Å²) in [7, 11) is 0. The molecule has 0 saturated heterocycles. The molecule has 0 radical (unpaired) electrons. The lowest BCUT2D eigenvalue weighted by Crippen LogP contribution is -1.99. The van der Waals surface area contributed by atoms with Crippen molar-refractivity contribution in [2.75, 3.05) is 5.73 Å². The van der Waals surface area contributed by atoms with Crippen LogP contribution in [0.15, 0.2) is 24.3 Å². The Bertz CT molecular complexity index is 788. The largest absolute Gasteiger partial charge is 0.383 e. The van der Waals surface area contributed by atoms with Crippen molar-refractivity contribution in [3.8, 4) is 5.69 Å². The van der Waals surface area contributed by atoms with Crippen LogP contribution in [-0.4, -0.2) is 24.9 Å². The van der Waals surface area contributed by atoms with Gasteiger partial charge in [0.1, 0.15) is 5.82 Å². The number of nitro benzene ring substituents is 1. The summed E-state index contributed by atoms with van der Waals surface area (Å²) in [5.74, 6) is 0.434. The van der Waals surface area contributed by atoms with Crippen molar-refractivity contribution < 1.29 is 4.92 Å². The van der Waals surface area contributed by atoms with E-state index >= 15 is 0 Å². The normalized spacial score (nSPS) is 11.0. The van der Waals surface area contributed by atoms with Gasteiger partial charge in [-0.2, -0.15) is 10.2 Å². The zero-order valence-corrected chi connectivity index (χ0v) is 9.99. The van der Waals surface area contributed by atoms with E-state index in [1.54, 1.807) is 12.1 Å². The molecule has 19 heavy (non-hydrogen) atoms. The highest BCUT2D eigenvalue weighted by molar-refractivity contribution is 5.89. The molecule has 0 aliphatic heterocycles. The minimum Gasteiger partial charge on any atom is -0.383 e. The molecule has 0 unspecified atom stereocenters. The summed E-state index contributed by atoms with van der Waals surface area (Å²) in [5, 5.41) is 22.6. The Morgan fingerprint density at radius 2 is 2.26 bits per heavy atom. The molecule has 0 fully saturated rings. The van der Waals surface area contributed by atoms with Gasteiger partial charge in [0.25, 0.3) is 5.69 Å². The van der Waals surface area contributed by atoms with Crippen LogP contribution in [0.1, 0.15) is 5.69 Å². The van der Waals surface area contributed by atoms with Gasteiger partial charge in [-0.05, 0) is 13.0 Å². The van der Waals surface area contributed by atoms with Gasteiger partial charge in [0.05, 0.1) is 21.7 Å². The first-order valence-electron chi connectivity index (χ1n) is 5.52. The van der Waals surface area contributed by atoms with Crippen molar-refractivity contribution in [2.24, 2.45) is 0 Å². The predicted molar refractivity (Wildman–Crippen MR) is 69.0 cm³/mol. The minimum absolute atomic E-state index is 0.00214. The van der Waals surface area contributed by atoms with Crippen LogP contribution < -0.4 is 5.73 Å². The van der Waals surface area contributed by atoms with Crippen molar-refractivity contribution in [1.82, 2.24) is 20.0 Å². The number of nitrogens with one attached hydrogen (secondary N) is 1. The minimum atomic E-state index is -0.448. The third-order valence-electron chi connectivity index (χ3n) is 2.87. The van der Waals surface area contributed by atoms with E-state index in [-0.39, 0.29) is 5.69 Å². The van der Waals surface area contributed by atoms with E-state index in [4.69, 9.17) is 5.73 Å². The second-order valence-electron chi connectivity index (χ2n) is 4.11. The monoisotopic (exact) mass is 258 g/mol. The molecule has 1 aromatic carbocycles. The summed E-state index contributed by atoms with van der Waals surface area (Å²) in [5.41, 5.74) is 7.60. The van der Waals surface area contributed by atoms with Crippen molar-refractivity contribution in [3.63, 3.8) is 0 Å². The van der Waals surface area contributed by atoms with Gasteiger partial charge in [-0.15, -0.1) is 0 Å². The molecule has 96 valence electrons. The first-order valence-corrected chi connectivity index (χ1v) is 5.52. The SMILES string of the molecule is Cc1nn(-c2cccc([N+](=O)[O-])c2)c2n[nH]c(N)c12. The van der Waals surface area contributed by atoms with E-state index in [9.17, 15) is 10.1 Å². The second-order valence-corrected chi connectivity index (χ2v) is 4.11. The highest BCUT2D eigenvalue weighted by Crippen LogP contribution is 2.25. The highest BCUT2D eigenvalue weighted by Gasteiger charge is 2.16. The van der Waals surface area contributed by atoms with Gasteiger partial charge in [0, 0.05) is 12.1 Å². The first-order chi connectivity index (χ1) is 9.08. The van der Waals surface area contributed by atoms with Gasteiger partial charge in [-0.3, -0.25) is 15.2 Å². The van der Waals surface area contributed by atoms with Gasteiger partial charge in [-0.25, -0.2) is 4.68 Å². The van der Waals surface area contributed by atoms with Crippen LogP contribution in [-0.2, 0) is 0 Å². The van der Waals surface area contributed by atoms with Crippen LogP contribution in [0.25, 0.3) is 16.7 Å². The van der Waals surface area contributed by atoms with E-state index in [1.807, 2.05) is 6.92 Å². The van der Waals surface area contributed by atoms with E-state index in [1.165, 1.54) is 16.8 Å². The van der Waals surface area contributed by atoms with E-state index in [0.717, 1.165) is 5.39 Å². The molecule has 3 rings (SSSR count). The maximum atomic E-state index is 10.8. The van der Waals surface area contributed by atoms with Crippen LogP contribution in [0.3, 0.4) is 0 Å². The van der Waals surface area contributed by atoms with Crippen LogP contribution in [0, 0.1) is 17.0 Å². The molecule has 0 spiro atoms. The molecule has 0 bridgehead atoms. The number of anilines is 1. The zero-order chi connectivity index (χ0) is 13.6. The number of nitrogen functional groups attached to an aromatic ring is 1. The Morgan fingerprint density at radius 3 is 3.00 bits per heavy atom. The number of H-pyrrole nitrogens is 1. The molecular weight excluding hydrogens is 248 g/mol. The van der Waals surface area contributed by atoms with Crippen LogP contribution in [0.2, 0.25) is 0 Å². The Labute approximate surface area is 107 Å². The molecule has 3 aromatic rings. The zero-order valence-electron chi connectivity index (χ0n) is 9.99. The lowest BCUT2D eigenvalue weighted by atomic mass is 10.3. The van der Waals surface area contributed by atoms with Gasteiger partial charge in [-0.1, -0.05) is 6.07 Å². The number of benzene rings is 1. The molecule has 2 aromatic heterocycles. The maximum Gasteiger partial charge on any atom is 0.271 e. The van der Waals surface area contributed by atoms with Crippen molar-refractivity contribution in [2.45, 2.75) is 6.92 Å². The Balaban J connectivity index is 2.24. The van der Waals surface area contributed by atoms with E-state index < -0.39 is 4.92 Å². The molecule has 3 N–H and O–H groups in total. The molecule has 8 heteroatoms. The lowest BCUT2D eigenvalue weighted by molar-refractivity contribution is -0.384. The topological polar surface area (TPSA) is 116 Å². The Hall–Kier alpha value is -2.90. The van der Waals surface area contributed by atoms with Crippen molar-refractivity contribution in [3.05, 3.63) is 40.1 Å². The van der Waals surface area contributed by atoms with Gasteiger partial charge < -0.3 is 5.73 Å². The smallest absolute Gasteiger partial charge is 0.271 e. The summed E-state index contributed by atoms with van der Waals surface area (Å²) in [6.45, 7) is 1.81. The molecular formula is C11H10N6O2. The molecule has 2 heterocycles. The van der Waals surface area contributed by atoms with Gasteiger partial charge in [0.2, 0.25) is 0 Å². The standard InChI is InChI=1S/C11H10N6O2/c1-6-9-10(12)13-14-11(9)16(15-6)7-3-2-4-8(5-7)17(18)19/h2-5H,1H3,(H3,12,13,14). The van der Waals surface area contributed by atoms with Crippen LogP contribution in [0.4, 0.5) is 11.5 Å². The van der Waals surface area contributed by atoms with Crippen molar-refractivity contribution in [1.29, 1.82) is 0 Å². The third kappa shape index (κ3) is 1.61. The average molecular weight is 258 g/mol. The third-order valence-corrected chi connectivity index (χ3v) is 2.87. The molecule has 0 atom stereocenters. The summed E-state index contributed by atoms with van der Waals surface area (Å²) >= 11 is 0. The van der Waals surface area contributed by atoms with E-state index in [2.05, 4.69) is 15.3 Å². The molecule has 0 amide bonds. The van der Waals surface area contributed by atoms with Gasteiger partial charge >= 0.3 is 0 Å². The fraction of sp³-hybridized carbons (Fsp3) is 0.0909.